The zero-order valence-electron chi connectivity index (χ0n) is 12.9. The summed E-state index contributed by atoms with van der Waals surface area (Å²) < 4.78 is 4.70. The predicted octanol–water partition coefficient (Wildman–Crippen LogP) is 1.30. The topological polar surface area (TPSA) is 54.5 Å². The molecule has 0 bridgehead atoms. The third-order valence-corrected chi connectivity index (χ3v) is 5.12. The van der Waals surface area contributed by atoms with Crippen LogP contribution in [0.1, 0.15) is 29.9 Å². The Balaban J connectivity index is 1.71. The summed E-state index contributed by atoms with van der Waals surface area (Å²) in [4.78, 5) is 18.4. The molecule has 21 heavy (non-hydrogen) atoms. The summed E-state index contributed by atoms with van der Waals surface area (Å²) in [7, 11) is 1.38. The Bertz CT molecular complexity index is 527. The molecule has 1 N–H and O–H groups in total. The fourth-order valence-electron chi connectivity index (χ4n) is 3.72. The number of esters is 1. The van der Waals surface area contributed by atoms with Gasteiger partial charge in [-0.15, -0.1) is 0 Å². The highest BCUT2D eigenvalue weighted by molar-refractivity contribution is 5.88. The number of likely N-dealkylation sites (tertiary alicyclic amines) is 1. The van der Waals surface area contributed by atoms with Gasteiger partial charge in [-0.1, -0.05) is 0 Å². The molecule has 2 unspecified atom stereocenters. The van der Waals surface area contributed by atoms with E-state index in [0.29, 0.717) is 11.5 Å². The van der Waals surface area contributed by atoms with Crippen molar-refractivity contribution in [2.75, 3.05) is 26.7 Å². The van der Waals surface area contributed by atoms with Crippen molar-refractivity contribution in [3.63, 3.8) is 0 Å². The Morgan fingerprint density at radius 3 is 2.90 bits per heavy atom. The Kier molecular flexibility index (Phi) is 3.71. The highest BCUT2D eigenvalue weighted by Crippen LogP contribution is 2.41. The van der Waals surface area contributed by atoms with Gasteiger partial charge in [0, 0.05) is 31.4 Å². The Labute approximate surface area is 125 Å². The number of hydrogen-bond acceptors (Lipinski definition) is 5. The normalized spacial score (nSPS) is 27.6. The summed E-state index contributed by atoms with van der Waals surface area (Å²) in [5, 5.41) is 3.50. The molecule has 0 aliphatic carbocycles. The maximum Gasteiger partial charge on any atom is 0.339 e. The lowest BCUT2D eigenvalue weighted by atomic mass is 9.85. The van der Waals surface area contributed by atoms with Crippen LogP contribution < -0.4 is 5.32 Å². The van der Waals surface area contributed by atoms with Gasteiger partial charge in [0.25, 0.3) is 0 Å². The van der Waals surface area contributed by atoms with Crippen LogP contribution >= 0.6 is 0 Å². The lowest BCUT2D eigenvalue weighted by Gasteiger charge is -2.35. The molecule has 3 heterocycles. The number of pyridine rings is 1. The molecule has 1 aromatic rings. The van der Waals surface area contributed by atoms with Crippen molar-refractivity contribution in [2.45, 2.75) is 25.9 Å². The summed E-state index contributed by atoms with van der Waals surface area (Å²) in [6.45, 7) is 8.84. The van der Waals surface area contributed by atoms with Crippen molar-refractivity contribution < 1.29 is 9.53 Å². The number of carbonyl (C=O) groups is 1. The predicted molar refractivity (Wildman–Crippen MR) is 79.9 cm³/mol. The molecule has 2 atom stereocenters. The number of fused-ring (bicyclic) bond motifs is 1. The van der Waals surface area contributed by atoms with E-state index in [1.54, 1.807) is 12.3 Å². The number of hydrogen-bond donors (Lipinski definition) is 1. The Morgan fingerprint density at radius 1 is 1.48 bits per heavy atom. The van der Waals surface area contributed by atoms with Crippen LogP contribution in [0.5, 0.6) is 0 Å². The van der Waals surface area contributed by atoms with Gasteiger partial charge in [0.1, 0.15) is 0 Å². The average molecular weight is 289 g/mol. The van der Waals surface area contributed by atoms with Crippen LogP contribution in [0.4, 0.5) is 0 Å². The van der Waals surface area contributed by atoms with Crippen LogP contribution in [-0.4, -0.2) is 48.1 Å². The number of rotatable bonds is 3. The maximum atomic E-state index is 11.4. The minimum Gasteiger partial charge on any atom is -0.465 e. The van der Waals surface area contributed by atoms with E-state index in [1.807, 2.05) is 6.07 Å². The molecule has 2 fully saturated rings. The van der Waals surface area contributed by atoms with Gasteiger partial charge in [-0.25, -0.2) is 4.79 Å². The van der Waals surface area contributed by atoms with Crippen LogP contribution in [0.15, 0.2) is 18.3 Å². The van der Waals surface area contributed by atoms with E-state index in [2.05, 4.69) is 29.0 Å². The van der Waals surface area contributed by atoms with Crippen molar-refractivity contribution >= 4 is 5.97 Å². The highest BCUT2D eigenvalue weighted by Gasteiger charge is 2.49. The van der Waals surface area contributed by atoms with Crippen LogP contribution in [0, 0.1) is 11.8 Å². The summed E-state index contributed by atoms with van der Waals surface area (Å²) in [5.74, 6) is 1.12. The van der Waals surface area contributed by atoms with Gasteiger partial charge in [-0.05, 0) is 44.4 Å². The van der Waals surface area contributed by atoms with Gasteiger partial charge < -0.3 is 10.1 Å². The first kappa shape index (κ1) is 14.5. The first-order chi connectivity index (χ1) is 10.0. The molecule has 3 rings (SSSR count). The van der Waals surface area contributed by atoms with Crippen LogP contribution in [0.25, 0.3) is 0 Å². The maximum absolute atomic E-state index is 11.4. The SMILES string of the molecule is COC(=O)c1ccc(CN2CC3CNCC3C2(C)C)nc1. The standard InChI is InChI=1S/C16H23N3O2/c1-16(2)14-8-17-6-12(14)9-19(16)10-13-5-4-11(7-18-13)15(20)21-3/h4-5,7,12,14,17H,6,8-10H2,1-3H3. The molecule has 114 valence electrons. The zero-order chi connectivity index (χ0) is 15.0. The van der Waals surface area contributed by atoms with Crippen molar-refractivity contribution in [1.29, 1.82) is 0 Å². The van der Waals surface area contributed by atoms with Gasteiger partial charge in [-0.3, -0.25) is 9.88 Å². The largest absolute Gasteiger partial charge is 0.465 e. The van der Waals surface area contributed by atoms with Gasteiger partial charge in [0.05, 0.1) is 18.4 Å². The molecular formula is C16H23N3O2. The van der Waals surface area contributed by atoms with Gasteiger partial charge in [-0.2, -0.15) is 0 Å². The molecule has 0 radical (unpaired) electrons. The number of carbonyl (C=O) groups excluding carboxylic acids is 1. The van der Waals surface area contributed by atoms with Gasteiger partial charge in [0.2, 0.25) is 0 Å². The molecule has 5 nitrogen and oxygen atoms in total. The summed E-state index contributed by atoms with van der Waals surface area (Å²) >= 11 is 0. The van der Waals surface area contributed by atoms with E-state index in [9.17, 15) is 4.79 Å². The Morgan fingerprint density at radius 2 is 2.29 bits per heavy atom. The van der Waals surface area contributed by atoms with E-state index in [-0.39, 0.29) is 11.5 Å². The molecule has 5 heteroatoms. The minimum absolute atomic E-state index is 0.191. The second-order valence-electron chi connectivity index (χ2n) is 6.59. The number of aromatic nitrogens is 1. The number of nitrogens with zero attached hydrogens (tertiary/aromatic N) is 2. The smallest absolute Gasteiger partial charge is 0.339 e. The number of nitrogens with one attached hydrogen (secondary N) is 1. The first-order valence-electron chi connectivity index (χ1n) is 7.51. The first-order valence-corrected chi connectivity index (χ1v) is 7.51. The third-order valence-electron chi connectivity index (χ3n) is 5.12. The second kappa shape index (κ2) is 5.39. The minimum atomic E-state index is -0.337. The van der Waals surface area contributed by atoms with E-state index in [0.717, 1.165) is 37.8 Å². The van der Waals surface area contributed by atoms with Crippen molar-refractivity contribution in [2.24, 2.45) is 11.8 Å². The van der Waals surface area contributed by atoms with Gasteiger partial charge in [0.15, 0.2) is 0 Å². The fourth-order valence-corrected chi connectivity index (χ4v) is 3.72. The van der Waals surface area contributed by atoms with E-state index in [1.165, 1.54) is 7.11 Å². The molecule has 2 aliphatic heterocycles. The molecule has 1 aromatic heterocycles. The summed E-state index contributed by atoms with van der Waals surface area (Å²) in [6, 6.07) is 3.72. The van der Waals surface area contributed by atoms with E-state index < -0.39 is 0 Å². The van der Waals surface area contributed by atoms with E-state index >= 15 is 0 Å². The lowest BCUT2D eigenvalue weighted by Crippen LogP contribution is -2.44. The molecular weight excluding hydrogens is 266 g/mol. The second-order valence-corrected chi connectivity index (χ2v) is 6.59. The lowest BCUT2D eigenvalue weighted by molar-refractivity contribution is 0.0600. The summed E-state index contributed by atoms with van der Waals surface area (Å²) in [5.41, 5.74) is 1.70. The molecule has 0 spiro atoms. The molecule has 0 amide bonds. The third kappa shape index (κ3) is 2.56. The Hall–Kier alpha value is -1.46. The van der Waals surface area contributed by atoms with Crippen LogP contribution in [0.2, 0.25) is 0 Å². The summed E-state index contributed by atoms with van der Waals surface area (Å²) in [6.07, 6.45) is 1.60. The quantitative estimate of drug-likeness (QED) is 0.850. The van der Waals surface area contributed by atoms with Crippen LogP contribution in [-0.2, 0) is 11.3 Å². The average Bonchev–Trinajstić information content (AvgIpc) is 3.03. The van der Waals surface area contributed by atoms with Crippen molar-refractivity contribution in [3.8, 4) is 0 Å². The number of methoxy groups -OCH3 is 1. The molecule has 2 aliphatic rings. The van der Waals surface area contributed by atoms with Crippen molar-refractivity contribution in [1.82, 2.24) is 15.2 Å². The molecule has 0 saturated carbocycles. The number of ether oxygens (including phenoxy) is 1. The monoisotopic (exact) mass is 289 g/mol. The van der Waals surface area contributed by atoms with Crippen molar-refractivity contribution in [3.05, 3.63) is 29.6 Å². The zero-order valence-corrected chi connectivity index (χ0v) is 12.9. The van der Waals surface area contributed by atoms with Crippen LogP contribution in [0.3, 0.4) is 0 Å². The highest BCUT2D eigenvalue weighted by atomic mass is 16.5. The molecule has 2 saturated heterocycles. The molecule has 0 aromatic carbocycles. The van der Waals surface area contributed by atoms with Gasteiger partial charge >= 0.3 is 5.97 Å². The van der Waals surface area contributed by atoms with E-state index in [4.69, 9.17) is 4.74 Å². The fraction of sp³-hybridized carbons (Fsp3) is 0.625.